The predicted octanol–water partition coefficient (Wildman–Crippen LogP) is 2.57. The first-order valence-electron chi connectivity index (χ1n) is 5.92. The smallest absolute Gasteiger partial charge is 0.394 e. The Morgan fingerprint density at radius 2 is 1.84 bits per heavy atom. The second-order valence-corrected chi connectivity index (χ2v) is 4.55. The maximum absolute atomic E-state index is 12.7. The Kier molecular flexibility index (Phi) is 4.99. The summed E-state index contributed by atoms with van der Waals surface area (Å²) in [7, 11) is 1.50. The molecule has 1 rings (SSSR count). The molecule has 1 unspecified atom stereocenters. The number of nitrogens with one attached hydrogen (secondary N) is 2. The molecule has 108 valence electrons. The van der Waals surface area contributed by atoms with Gasteiger partial charge >= 0.3 is 6.18 Å². The predicted molar refractivity (Wildman–Crippen MR) is 68.1 cm³/mol. The highest BCUT2D eigenvalue weighted by atomic mass is 19.4. The van der Waals surface area contributed by atoms with Gasteiger partial charge in [-0.1, -0.05) is 13.8 Å². The monoisotopic (exact) mass is 277 g/mol. The van der Waals surface area contributed by atoms with Crippen LogP contribution in [-0.4, -0.2) is 29.8 Å². The summed E-state index contributed by atoms with van der Waals surface area (Å²) in [6.07, 6.45) is -4.43. The van der Waals surface area contributed by atoms with Gasteiger partial charge in [-0.05, 0) is 18.1 Å². The molecule has 0 aliphatic rings. The molecule has 0 spiro atoms. The third-order valence-corrected chi connectivity index (χ3v) is 2.74. The number of aliphatic hydroxyl groups excluding tert-OH is 1. The average molecular weight is 277 g/mol. The lowest BCUT2D eigenvalue weighted by Crippen LogP contribution is -2.30. The van der Waals surface area contributed by atoms with E-state index in [9.17, 15) is 18.3 Å². The number of nitrogens with zero attached hydrogens (tertiary/aromatic N) is 1. The molecule has 0 fully saturated rings. The van der Waals surface area contributed by atoms with Crippen molar-refractivity contribution in [3.8, 4) is 0 Å². The molecule has 1 atom stereocenters. The topological polar surface area (TPSA) is 57.2 Å². The Morgan fingerprint density at radius 1 is 1.26 bits per heavy atom. The maximum Gasteiger partial charge on any atom is 0.416 e. The van der Waals surface area contributed by atoms with Crippen molar-refractivity contribution in [1.29, 1.82) is 0 Å². The molecule has 1 aromatic heterocycles. The van der Waals surface area contributed by atoms with Gasteiger partial charge in [0.1, 0.15) is 11.6 Å². The fourth-order valence-corrected chi connectivity index (χ4v) is 1.51. The van der Waals surface area contributed by atoms with Crippen molar-refractivity contribution < 1.29 is 18.3 Å². The molecule has 7 heteroatoms. The fraction of sp³-hybridized carbons (Fsp3) is 0.583. The highest BCUT2D eigenvalue weighted by Gasteiger charge is 2.31. The lowest BCUT2D eigenvalue weighted by atomic mass is 10.1. The molecular formula is C12H18F3N3O. The van der Waals surface area contributed by atoms with Crippen LogP contribution in [0.2, 0.25) is 0 Å². The third kappa shape index (κ3) is 4.27. The molecular weight excluding hydrogens is 259 g/mol. The molecule has 19 heavy (non-hydrogen) atoms. The minimum absolute atomic E-state index is 0.0689. The van der Waals surface area contributed by atoms with E-state index in [0.717, 1.165) is 12.1 Å². The number of pyridine rings is 1. The van der Waals surface area contributed by atoms with Crippen LogP contribution in [0.1, 0.15) is 19.4 Å². The van der Waals surface area contributed by atoms with E-state index in [0.29, 0.717) is 0 Å². The Bertz CT molecular complexity index is 421. The van der Waals surface area contributed by atoms with Crippen LogP contribution >= 0.6 is 0 Å². The first-order valence-corrected chi connectivity index (χ1v) is 5.92. The SMILES string of the molecule is CNc1cc(C(F)(F)F)cc(NC(CO)C(C)C)n1. The van der Waals surface area contributed by atoms with Crippen LogP contribution in [0.4, 0.5) is 24.8 Å². The van der Waals surface area contributed by atoms with Crippen LogP contribution in [0.15, 0.2) is 12.1 Å². The molecule has 0 saturated heterocycles. The lowest BCUT2D eigenvalue weighted by Gasteiger charge is -2.21. The van der Waals surface area contributed by atoms with Crippen molar-refractivity contribution in [2.75, 3.05) is 24.3 Å². The van der Waals surface area contributed by atoms with Gasteiger partial charge in [0.05, 0.1) is 18.2 Å². The second-order valence-electron chi connectivity index (χ2n) is 4.55. The highest BCUT2D eigenvalue weighted by molar-refractivity contribution is 5.50. The maximum atomic E-state index is 12.7. The van der Waals surface area contributed by atoms with Gasteiger partial charge in [0, 0.05) is 7.05 Å². The number of rotatable bonds is 5. The van der Waals surface area contributed by atoms with Gasteiger partial charge in [-0.2, -0.15) is 13.2 Å². The molecule has 4 nitrogen and oxygen atoms in total. The zero-order valence-electron chi connectivity index (χ0n) is 11.0. The zero-order chi connectivity index (χ0) is 14.6. The first kappa shape index (κ1) is 15.6. The van der Waals surface area contributed by atoms with E-state index < -0.39 is 11.7 Å². The van der Waals surface area contributed by atoms with Crippen molar-refractivity contribution >= 4 is 11.6 Å². The molecule has 0 aliphatic carbocycles. The van der Waals surface area contributed by atoms with E-state index >= 15 is 0 Å². The van der Waals surface area contributed by atoms with Crippen LogP contribution in [0.5, 0.6) is 0 Å². The van der Waals surface area contributed by atoms with Crippen LogP contribution in [0, 0.1) is 5.92 Å². The molecule has 0 radical (unpaired) electrons. The minimum Gasteiger partial charge on any atom is -0.394 e. The van der Waals surface area contributed by atoms with Crippen molar-refractivity contribution in [2.45, 2.75) is 26.1 Å². The van der Waals surface area contributed by atoms with Gasteiger partial charge in [0.25, 0.3) is 0 Å². The van der Waals surface area contributed by atoms with Gasteiger partial charge < -0.3 is 15.7 Å². The average Bonchev–Trinajstić information content (AvgIpc) is 2.34. The molecule has 0 aromatic carbocycles. The summed E-state index contributed by atoms with van der Waals surface area (Å²) < 4.78 is 38.2. The van der Waals surface area contributed by atoms with E-state index in [1.165, 1.54) is 7.05 Å². The summed E-state index contributed by atoms with van der Waals surface area (Å²) in [5.41, 5.74) is -0.783. The molecule has 0 bridgehead atoms. The normalized spacial score (nSPS) is 13.5. The van der Waals surface area contributed by atoms with Crippen LogP contribution in [0.3, 0.4) is 0 Å². The number of aromatic nitrogens is 1. The summed E-state index contributed by atoms with van der Waals surface area (Å²) >= 11 is 0. The van der Waals surface area contributed by atoms with Gasteiger partial charge in [-0.15, -0.1) is 0 Å². The van der Waals surface area contributed by atoms with Gasteiger partial charge in [0.2, 0.25) is 0 Å². The summed E-state index contributed by atoms with van der Waals surface area (Å²) in [4.78, 5) is 4.00. The van der Waals surface area contributed by atoms with E-state index in [-0.39, 0.29) is 30.2 Å². The van der Waals surface area contributed by atoms with Crippen molar-refractivity contribution in [1.82, 2.24) is 4.98 Å². The summed E-state index contributed by atoms with van der Waals surface area (Å²) in [5.74, 6) is 0.282. The standard InChI is InChI=1S/C12H18F3N3O/c1-7(2)9(6-19)17-11-5-8(12(13,14)15)4-10(16-3)18-11/h4-5,7,9,19H,6H2,1-3H3,(H2,16,17,18). The second kappa shape index (κ2) is 6.10. The first-order chi connectivity index (χ1) is 8.77. The van der Waals surface area contributed by atoms with Crippen molar-refractivity contribution in [3.63, 3.8) is 0 Å². The largest absolute Gasteiger partial charge is 0.416 e. The summed E-state index contributed by atoms with van der Waals surface area (Å²) in [5, 5.41) is 14.6. The Hall–Kier alpha value is -1.50. The molecule has 0 aliphatic heterocycles. The molecule has 1 heterocycles. The minimum atomic E-state index is -4.43. The Labute approximate surface area is 110 Å². The van der Waals surface area contributed by atoms with E-state index in [1.54, 1.807) is 0 Å². The number of hydrogen-bond acceptors (Lipinski definition) is 4. The van der Waals surface area contributed by atoms with Crippen molar-refractivity contribution in [3.05, 3.63) is 17.7 Å². The lowest BCUT2D eigenvalue weighted by molar-refractivity contribution is -0.137. The van der Waals surface area contributed by atoms with Gasteiger partial charge in [-0.25, -0.2) is 4.98 Å². The Morgan fingerprint density at radius 3 is 2.26 bits per heavy atom. The van der Waals surface area contributed by atoms with Crippen LogP contribution in [0.25, 0.3) is 0 Å². The van der Waals surface area contributed by atoms with Crippen LogP contribution < -0.4 is 10.6 Å². The summed E-state index contributed by atoms with van der Waals surface area (Å²) in [6, 6.07) is 1.53. The number of aliphatic hydroxyl groups is 1. The molecule has 1 aromatic rings. The molecule has 0 amide bonds. The molecule has 0 saturated carbocycles. The highest BCUT2D eigenvalue weighted by Crippen LogP contribution is 2.32. The van der Waals surface area contributed by atoms with E-state index in [1.807, 2.05) is 13.8 Å². The number of halogens is 3. The van der Waals surface area contributed by atoms with E-state index in [4.69, 9.17) is 0 Å². The van der Waals surface area contributed by atoms with Gasteiger partial charge in [0.15, 0.2) is 0 Å². The Balaban J connectivity index is 3.07. The van der Waals surface area contributed by atoms with Gasteiger partial charge in [-0.3, -0.25) is 0 Å². The fourth-order valence-electron chi connectivity index (χ4n) is 1.51. The van der Waals surface area contributed by atoms with Crippen LogP contribution in [-0.2, 0) is 6.18 Å². The quantitative estimate of drug-likeness (QED) is 0.774. The third-order valence-electron chi connectivity index (χ3n) is 2.74. The summed E-state index contributed by atoms with van der Waals surface area (Å²) in [6.45, 7) is 3.55. The number of hydrogen-bond donors (Lipinski definition) is 3. The van der Waals surface area contributed by atoms with Crippen molar-refractivity contribution in [2.24, 2.45) is 5.92 Å². The number of anilines is 2. The van der Waals surface area contributed by atoms with E-state index in [2.05, 4.69) is 15.6 Å². The number of alkyl halides is 3. The molecule has 3 N–H and O–H groups in total. The zero-order valence-corrected chi connectivity index (χ0v) is 11.0.